The van der Waals surface area contributed by atoms with Crippen molar-refractivity contribution in [1.29, 1.82) is 0 Å². The van der Waals surface area contributed by atoms with Gasteiger partial charge in [0.15, 0.2) is 0 Å². The molecule has 0 saturated heterocycles. The average molecular weight is 212 g/mol. The summed E-state index contributed by atoms with van der Waals surface area (Å²) in [7, 11) is 0. The van der Waals surface area contributed by atoms with Gasteiger partial charge in [0.1, 0.15) is 16.1 Å². The van der Waals surface area contributed by atoms with Crippen LogP contribution in [-0.4, -0.2) is 15.3 Å². The Morgan fingerprint density at radius 2 is 2.21 bits per heavy atom. The van der Waals surface area contributed by atoms with Gasteiger partial charge >= 0.3 is 0 Å². The molecule has 1 aromatic rings. The van der Waals surface area contributed by atoms with Gasteiger partial charge in [-0.05, 0) is 25.7 Å². The second-order valence-electron chi connectivity index (χ2n) is 4.10. The largest absolute Gasteiger partial charge is 0.386 e. The smallest absolute Gasteiger partial charge is 0.145 e. The Bertz CT molecular complexity index is 305. The summed E-state index contributed by atoms with van der Waals surface area (Å²) in [6.45, 7) is 3.97. The Labute approximate surface area is 88.2 Å². The fourth-order valence-electron chi connectivity index (χ4n) is 1.85. The molecule has 0 bridgehead atoms. The van der Waals surface area contributed by atoms with Gasteiger partial charge in [-0.1, -0.05) is 24.7 Å². The van der Waals surface area contributed by atoms with E-state index < -0.39 is 6.10 Å². The van der Waals surface area contributed by atoms with Crippen LogP contribution in [0.25, 0.3) is 0 Å². The standard InChI is InChI=1S/C10H16N2OS/c1-3-7-4-8(5-7)10-12-11-9(14-10)6(2)13/h6-8,13H,3-5H2,1-2H3/t6-,7?,8?/m1/s1. The van der Waals surface area contributed by atoms with Gasteiger partial charge in [0, 0.05) is 5.92 Å². The molecule has 1 aromatic heterocycles. The Hall–Kier alpha value is -0.480. The van der Waals surface area contributed by atoms with Crippen LogP contribution < -0.4 is 0 Å². The highest BCUT2D eigenvalue weighted by Crippen LogP contribution is 2.44. The van der Waals surface area contributed by atoms with Crippen LogP contribution in [0.5, 0.6) is 0 Å². The first-order valence-corrected chi connectivity index (χ1v) is 6.03. The highest BCUT2D eigenvalue weighted by molar-refractivity contribution is 7.11. The first-order valence-electron chi connectivity index (χ1n) is 5.22. The van der Waals surface area contributed by atoms with Crippen LogP contribution in [0.3, 0.4) is 0 Å². The van der Waals surface area contributed by atoms with Crippen molar-refractivity contribution in [2.24, 2.45) is 5.92 Å². The molecule has 1 N–H and O–H groups in total. The van der Waals surface area contributed by atoms with Gasteiger partial charge in [-0.3, -0.25) is 0 Å². The lowest BCUT2D eigenvalue weighted by molar-refractivity contribution is 0.198. The zero-order valence-corrected chi connectivity index (χ0v) is 9.42. The normalized spacial score (nSPS) is 28.5. The number of aromatic nitrogens is 2. The Kier molecular flexibility index (Phi) is 2.83. The third-order valence-corrected chi connectivity index (χ3v) is 4.23. The van der Waals surface area contributed by atoms with E-state index >= 15 is 0 Å². The summed E-state index contributed by atoms with van der Waals surface area (Å²) >= 11 is 1.57. The zero-order valence-electron chi connectivity index (χ0n) is 8.60. The molecule has 0 amide bonds. The van der Waals surface area contributed by atoms with E-state index in [4.69, 9.17) is 0 Å². The number of hydrogen-bond acceptors (Lipinski definition) is 4. The van der Waals surface area contributed by atoms with E-state index in [9.17, 15) is 5.11 Å². The average Bonchev–Trinajstić information content (AvgIpc) is 2.51. The maximum Gasteiger partial charge on any atom is 0.145 e. The summed E-state index contributed by atoms with van der Waals surface area (Å²) in [6.07, 6.45) is 3.32. The van der Waals surface area contributed by atoms with Crippen LogP contribution in [0.4, 0.5) is 0 Å². The van der Waals surface area contributed by atoms with Crippen LogP contribution in [0.2, 0.25) is 0 Å². The Balaban J connectivity index is 1.98. The first-order chi connectivity index (χ1) is 6.70. The van der Waals surface area contributed by atoms with Crippen molar-refractivity contribution in [3.8, 4) is 0 Å². The van der Waals surface area contributed by atoms with Gasteiger partial charge in [-0.15, -0.1) is 10.2 Å². The highest BCUT2D eigenvalue weighted by atomic mass is 32.1. The van der Waals surface area contributed by atoms with Crippen molar-refractivity contribution in [2.45, 2.75) is 45.1 Å². The summed E-state index contributed by atoms with van der Waals surface area (Å²) in [5.74, 6) is 1.50. The summed E-state index contributed by atoms with van der Waals surface area (Å²) in [5.41, 5.74) is 0. The van der Waals surface area contributed by atoms with Crippen LogP contribution >= 0.6 is 11.3 Å². The van der Waals surface area contributed by atoms with Gasteiger partial charge in [0.05, 0.1) is 0 Å². The number of nitrogens with zero attached hydrogens (tertiary/aromatic N) is 2. The van der Waals surface area contributed by atoms with Gasteiger partial charge in [0.2, 0.25) is 0 Å². The van der Waals surface area contributed by atoms with Crippen molar-refractivity contribution in [3.63, 3.8) is 0 Å². The maximum atomic E-state index is 9.32. The molecule has 1 saturated carbocycles. The molecule has 0 aliphatic heterocycles. The van der Waals surface area contributed by atoms with Crippen LogP contribution in [0.1, 0.15) is 55.1 Å². The lowest BCUT2D eigenvalue weighted by atomic mass is 9.74. The summed E-state index contributed by atoms with van der Waals surface area (Å²) in [6, 6.07) is 0. The molecule has 14 heavy (non-hydrogen) atoms. The molecule has 3 nitrogen and oxygen atoms in total. The second-order valence-corrected chi connectivity index (χ2v) is 5.14. The minimum absolute atomic E-state index is 0.469. The molecule has 0 spiro atoms. The Morgan fingerprint density at radius 1 is 1.50 bits per heavy atom. The van der Waals surface area contributed by atoms with E-state index in [0.717, 1.165) is 15.9 Å². The number of rotatable bonds is 3. The number of hydrogen-bond donors (Lipinski definition) is 1. The van der Waals surface area contributed by atoms with E-state index in [2.05, 4.69) is 17.1 Å². The lowest BCUT2D eigenvalue weighted by Crippen LogP contribution is -2.20. The molecule has 1 aliphatic carbocycles. The highest BCUT2D eigenvalue weighted by Gasteiger charge is 2.31. The minimum atomic E-state index is -0.469. The minimum Gasteiger partial charge on any atom is -0.386 e. The van der Waals surface area contributed by atoms with Crippen LogP contribution in [-0.2, 0) is 0 Å². The zero-order chi connectivity index (χ0) is 10.1. The second kappa shape index (κ2) is 3.95. The van der Waals surface area contributed by atoms with E-state index in [1.165, 1.54) is 19.3 Å². The quantitative estimate of drug-likeness (QED) is 0.837. The molecule has 1 fully saturated rings. The predicted octanol–water partition coefficient (Wildman–Crippen LogP) is 2.50. The number of aliphatic hydroxyl groups is 1. The fraction of sp³-hybridized carbons (Fsp3) is 0.800. The van der Waals surface area contributed by atoms with Crippen molar-refractivity contribution in [2.75, 3.05) is 0 Å². The fourth-order valence-corrected chi connectivity index (χ4v) is 2.76. The molecule has 0 aromatic carbocycles. The summed E-state index contributed by atoms with van der Waals surface area (Å²) < 4.78 is 0. The molecule has 2 rings (SSSR count). The van der Waals surface area contributed by atoms with Crippen LogP contribution in [0.15, 0.2) is 0 Å². The van der Waals surface area contributed by atoms with Gasteiger partial charge < -0.3 is 5.11 Å². The summed E-state index contributed by atoms with van der Waals surface area (Å²) in [4.78, 5) is 0. The monoisotopic (exact) mass is 212 g/mol. The Morgan fingerprint density at radius 3 is 2.71 bits per heavy atom. The summed E-state index contributed by atoms with van der Waals surface area (Å²) in [5, 5.41) is 19.3. The van der Waals surface area contributed by atoms with E-state index in [1.54, 1.807) is 18.3 Å². The molecule has 1 heterocycles. The topological polar surface area (TPSA) is 46.0 Å². The molecular weight excluding hydrogens is 196 g/mol. The number of aliphatic hydroxyl groups excluding tert-OH is 1. The third-order valence-electron chi connectivity index (χ3n) is 2.98. The molecule has 4 heteroatoms. The maximum absolute atomic E-state index is 9.32. The van der Waals surface area contributed by atoms with E-state index in [1.807, 2.05) is 0 Å². The van der Waals surface area contributed by atoms with Crippen molar-refractivity contribution < 1.29 is 5.11 Å². The molecule has 0 radical (unpaired) electrons. The molecule has 1 aliphatic rings. The predicted molar refractivity (Wildman–Crippen MR) is 56.3 cm³/mol. The SMILES string of the molecule is CCC1CC(c2nnc([C@@H](C)O)s2)C1. The van der Waals surface area contributed by atoms with Gasteiger partial charge in [0.25, 0.3) is 0 Å². The van der Waals surface area contributed by atoms with Crippen molar-refractivity contribution >= 4 is 11.3 Å². The lowest BCUT2D eigenvalue weighted by Gasteiger charge is -2.32. The molecule has 1 atom stereocenters. The van der Waals surface area contributed by atoms with Crippen molar-refractivity contribution in [3.05, 3.63) is 10.0 Å². The van der Waals surface area contributed by atoms with Gasteiger partial charge in [-0.25, -0.2) is 0 Å². The van der Waals surface area contributed by atoms with Gasteiger partial charge in [-0.2, -0.15) is 0 Å². The molecule has 78 valence electrons. The van der Waals surface area contributed by atoms with Crippen LogP contribution in [0, 0.1) is 5.92 Å². The molecule has 0 unspecified atom stereocenters. The first kappa shape index (κ1) is 10.1. The van der Waals surface area contributed by atoms with E-state index in [0.29, 0.717) is 5.92 Å². The van der Waals surface area contributed by atoms with E-state index in [-0.39, 0.29) is 0 Å². The molecular formula is C10H16N2OS. The van der Waals surface area contributed by atoms with Crippen molar-refractivity contribution in [1.82, 2.24) is 10.2 Å². The third kappa shape index (κ3) is 1.81.